The fraction of sp³-hybridized carbons (Fsp3) is 1.00. The maximum absolute atomic E-state index is 12.0. The second-order valence-corrected chi connectivity index (χ2v) is 6.71. The van der Waals surface area contributed by atoms with Crippen LogP contribution in [-0.2, 0) is 10.2 Å². The smallest absolute Gasteiger partial charge is 0.427 e. The zero-order valence-electron chi connectivity index (χ0n) is 12.2. The molecule has 8 nitrogen and oxygen atoms in total. The lowest BCUT2D eigenvalue weighted by Crippen LogP contribution is -2.48. The fourth-order valence-corrected chi connectivity index (χ4v) is 3.02. The molecule has 0 aromatic heterocycles. The highest BCUT2D eigenvalue weighted by Crippen LogP contribution is 2.05. The molecule has 120 valence electrons. The quantitative estimate of drug-likeness (QED) is 0.281. The van der Waals surface area contributed by atoms with E-state index in [1.165, 1.54) is 4.31 Å². The van der Waals surface area contributed by atoms with Crippen molar-refractivity contribution in [3.05, 3.63) is 0 Å². The Morgan fingerprint density at radius 1 is 1.35 bits per heavy atom. The molecular weight excluding hydrogens is 283 g/mol. The van der Waals surface area contributed by atoms with Gasteiger partial charge in [-0.2, -0.15) is 12.7 Å². The molecule has 0 spiro atoms. The third-order valence-corrected chi connectivity index (χ3v) is 4.37. The Morgan fingerprint density at radius 2 is 1.95 bits per heavy atom. The maximum atomic E-state index is 12.0. The summed E-state index contributed by atoms with van der Waals surface area (Å²) in [7, 11) is -4.93. The monoisotopic (exact) mass is 310 g/mol. The minimum Gasteiger partial charge on any atom is -0.427 e. The number of likely N-dealkylation sites (N-methyl/N-ethyl adjacent to an activating group) is 1. The van der Waals surface area contributed by atoms with E-state index in [4.69, 9.17) is 21.5 Å². The summed E-state index contributed by atoms with van der Waals surface area (Å²) in [6.45, 7) is 4.11. The van der Waals surface area contributed by atoms with Crippen molar-refractivity contribution < 1.29 is 18.5 Å². The summed E-state index contributed by atoms with van der Waals surface area (Å²) < 4.78 is 27.7. The van der Waals surface area contributed by atoms with Gasteiger partial charge in [0, 0.05) is 31.7 Å². The molecule has 0 saturated carbocycles. The molecule has 2 atom stereocenters. The molecular formula is C10H27BN4O4S. The van der Waals surface area contributed by atoms with Crippen molar-refractivity contribution in [2.45, 2.75) is 45.1 Å². The Labute approximate surface area is 121 Å². The van der Waals surface area contributed by atoms with E-state index in [-0.39, 0.29) is 31.5 Å². The van der Waals surface area contributed by atoms with Gasteiger partial charge in [-0.1, -0.05) is 13.3 Å². The number of nitrogens with two attached hydrogens (primary N) is 2. The molecule has 0 saturated heterocycles. The van der Waals surface area contributed by atoms with Gasteiger partial charge in [-0.05, 0) is 19.7 Å². The average molecular weight is 310 g/mol. The second kappa shape index (κ2) is 9.66. The third-order valence-electron chi connectivity index (χ3n) is 2.76. The summed E-state index contributed by atoms with van der Waals surface area (Å²) in [5.74, 6) is 0. The maximum Gasteiger partial charge on any atom is 0.451 e. The predicted octanol–water partition coefficient (Wildman–Crippen LogP) is -1.93. The number of nitrogens with zero attached hydrogens (tertiary/aromatic N) is 1. The Bertz CT molecular complexity index is 353. The van der Waals surface area contributed by atoms with Crippen LogP contribution >= 0.6 is 0 Å². The molecule has 0 amide bonds. The third kappa shape index (κ3) is 8.85. The van der Waals surface area contributed by atoms with Crippen LogP contribution in [-0.4, -0.2) is 61.6 Å². The molecule has 0 aromatic carbocycles. The van der Waals surface area contributed by atoms with Gasteiger partial charge in [0.15, 0.2) is 0 Å². The molecule has 7 N–H and O–H groups in total. The molecule has 0 radical (unpaired) electrons. The number of hydrogen-bond donors (Lipinski definition) is 5. The van der Waals surface area contributed by atoms with Crippen molar-refractivity contribution in [3.8, 4) is 0 Å². The van der Waals surface area contributed by atoms with Gasteiger partial charge in [-0.3, -0.25) is 0 Å². The Kier molecular flexibility index (Phi) is 9.56. The van der Waals surface area contributed by atoms with E-state index >= 15 is 0 Å². The van der Waals surface area contributed by atoms with Crippen LogP contribution in [0.2, 0.25) is 6.32 Å². The minimum absolute atomic E-state index is 0.171. The number of rotatable bonds is 11. The van der Waals surface area contributed by atoms with Gasteiger partial charge in [-0.15, -0.1) is 0 Å². The molecule has 0 aliphatic carbocycles. The van der Waals surface area contributed by atoms with Gasteiger partial charge in [0.05, 0.1) is 0 Å². The summed E-state index contributed by atoms with van der Waals surface area (Å²) in [6.07, 6.45) is 1.29. The second-order valence-electron chi connectivity index (χ2n) is 4.95. The zero-order valence-corrected chi connectivity index (χ0v) is 13.0. The molecule has 0 aliphatic rings. The van der Waals surface area contributed by atoms with E-state index in [1.807, 2.05) is 0 Å². The molecule has 1 unspecified atom stereocenters. The van der Waals surface area contributed by atoms with Gasteiger partial charge in [0.2, 0.25) is 0 Å². The average Bonchev–Trinajstić information content (AvgIpc) is 2.33. The molecule has 0 rings (SSSR count). The molecule has 0 aliphatic heterocycles. The summed E-state index contributed by atoms with van der Waals surface area (Å²) >= 11 is 0. The largest absolute Gasteiger partial charge is 0.451 e. The van der Waals surface area contributed by atoms with E-state index in [2.05, 4.69) is 4.72 Å². The van der Waals surface area contributed by atoms with Crippen LogP contribution in [0.25, 0.3) is 0 Å². The highest BCUT2D eigenvalue weighted by Gasteiger charge is 2.22. The van der Waals surface area contributed by atoms with Crippen LogP contribution in [0.4, 0.5) is 0 Å². The van der Waals surface area contributed by atoms with E-state index in [0.29, 0.717) is 19.4 Å². The zero-order chi connectivity index (χ0) is 15.8. The van der Waals surface area contributed by atoms with Gasteiger partial charge in [-0.25, -0.2) is 4.72 Å². The van der Waals surface area contributed by atoms with Crippen LogP contribution in [0.3, 0.4) is 0 Å². The Hall–Kier alpha value is -0.225. The molecule has 0 fully saturated rings. The topological polar surface area (TPSA) is 142 Å². The first-order chi connectivity index (χ1) is 9.19. The van der Waals surface area contributed by atoms with Crippen LogP contribution in [0.1, 0.15) is 26.7 Å². The minimum atomic E-state index is -3.58. The first-order valence-corrected chi connectivity index (χ1v) is 8.25. The van der Waals surface area contributed by atoms with Gasteiger partial charge in [0.1, 0.15) is 0 Å². The van der Waals surface area contributed by atoms with Crippen molar-refractivity contribution in [2.24, 2.45) is 11.5 Å². The lowest BCUT2D eigenvalue weighted by atomic mass is 9.83. The van der Waals surface area contributed by atoms with E-state index in [0.717, 1.165) is 0 Å². The standard InChI is InChI=1S/C10H27BN4O4S/c1-3-15(20(18,19)14-7-9(2)12)8-10(13)5-4-6-11(16)17/h9-10,14,16-17H,3-8,12-13H2,1-2H3/t9-,10?/m1/s1. The fourth-order valence-electron chi connectivity index (χ4n) is 1.64. The van der Waals surface area contributed by atoms with Crippen molar-refractivity contribution in [2.75, 3.05) is 19.6 Å². The predicted molar refractivity (Wildman–Crippen MR) is 80.0 cm³/mol. The summed E-state index contributed by atoms with van der Waals surface area (Å²) in [5.41, 5.74) is 11.4. The van der Waals surface area contributed by atoms with Crippen molar-refractivity contribution in [1.82, 2.24) is 9.03 Å². The summed E-state index contributed by atoms with van der Waals surface area (Å²) in [4.78, 5) is 0. The molecule has 0 bridgehead atoms. The van der Waals surface area contributed by atoms with Crippen molar-refractivity contribution >= 4 is 17.3 Å². The summed E-state index contributed by atoms with van der Waals surface area (Å²) in [5, 5.41) is 17.5. The van der Waals surface area contributed by atoms with Gasteiger partial charge in [0.25, 0.3) is 10.2 Å². The van der Waals surface area contributed by atoms with Crippen LogP contribution < -0.4 is 16.2 Å². The SMILES string of the molecule is CCN(CC(N)CCCB(O)O)S(=O)(=O)NC[C@@H](C)N. The molecule has 0 aromatic rings. The highest BCUT2D eigenvalue weighted by atomic mass is 32.2. The lowest BCUT2D eigenvalue weighted by Gasteiger charge is -2.24. The summed E-state index contributed by atoms with van der Waals surface area (Å²) in [6, 6.07) is -0.608. The highest BCUT2D eigenvalue weighted by molar-refractivity contribution is 7.87. The van der Waals surface area contributed by atoms with Crippen molar-refractivity contribution in [1.29, 1.82) is 0 Å². The molecule has 20 heavy (non-hydrogen) atoms. The Morgan fingerprint density at radius 3 is 2.40 bits per heavy atom. The Balaban J connectivity index is 4.31. The van der Waals surface area contributed by atoms with Gasteiger partial charge < -0.3 is 21.5 Å². The van der Waals surface area contributed by atoms with Crippen LogP contribution in [0.5, 0.6) is 0 Å². The number of hydrogen-bond acceptors (Lipinski definition) is 6. The van der Waals surface area contributed by atoms with E-state index in [9.17, 15) is 8.42 Å². The van der Waals surface area contributed by atoms with Crippen LogP contribution in [0, 0.1) is 0 Å². The molecule has 0 heterocycles. The first-order valence-electron chi connectivity index (χ1n) is 6.81. The first kappa shape index (κ1) is 19.8. The molecule has 10 heteroatoms. The van der Waals surface area contributed by atoms with E-state index in [1.54, 1.807) is 13.8 Å². The van der Waals surface area contributed by atoms with Crippen LogP contribution in [0.15, 0.2) is 0 Å². The normalized spacial score (nSPS) is 15.3. The lowest BCUT2D eigenvalue weighted by molar-refractivity contribution is 0.372. The van der Waals surface area contributed by atoms with E-state index < -0.39 is 17.3 Å². The number of nitrogens with one attached hydrogen (secondary N) is 1. The van der Waals surface area contributed by atoms with Crippen molar-refractivity contribution in [3.63, 3.8) is 0 Å². The van der Waals surface area contributed by atoms with Gasteiger partial charge >= 0.3 is 7.12 Å².